The Bertz CT molecular complexity index is 125. The van der Waals surface area contributed by atoms with Crippen molar-refractivity contribution < 1.29 is 26.4 Å². The van der Waals surface area contributed by atoms with Crippen LogP contribution in [0.5, 0.6) is 0 Å². The van der Waals surface area contributed by atoms with E-state index in [1.54, 1.807) is 0 Å². The summed E-state index contributed by atoms with van der Waals surface area (Å²) in [7, 11) is 3.33. The molecule has 0 spiro atoms. The topological polar surface area (TPSA) is 39.8 Å². The van der Waals surface area contributed by atoms with Gasteiger partial charge in [-0.15, -0.1) is 0 Å². The number of hydrogen-bond acceptors (Lipinski definition) is 0. The van der Waals surface area contributed by atoms with Crippen molar-refractivity contribution in [3.63, 3.8) is 0 Å². The summed E-state index contributed by atoms with van der Waals surface area (Å²) in [6.07, 6.45) is 10.0. The van der Waals surface area contributed by atoms with Crippen LogP contribution in [0.2, 0.25) is 0 Å². The maximum atomic E-state index is 7.50. The molecule has 0 aromatic carbocycles. The van der Waals surface area contributed by atoms with Crippen LogP contribution in [0.25, 0.3) is 0 Å². The van der Waals surface area contributed by atoms with Crippen LogP contribution < -0.4 is 0 Å². The number of hydrogen-bond donors (Lipinski definition) is 0. The van der Waals surface area contributed by atoms with Gasteiger partial charge in [0.15, 0.2) is 0 Å². The molecule has 12 heavy (non-hydrogen) atoms. The first kappa shape index (κ1) is 22.7. The van der Waals surface area contributed by atoms with E-state index in [1.165, 1.54) is 9.76 Å². The fourth-order valence-electron chi connectivity index (χ4n) is 0.321. The third kappa shape index (κ3) is 32.6. The number of allylic oxidation sites excluding steroid dienone is 4. The average Bonchev–Trinajstić information content (AvgIpc) is 2.71. The smallest absolute Gasteiger partial charge is 0.00506 e. The Morgan fingerprint density at radius 1 is 0.833 bits per heavy atom. The Balaban J connectivity index is -0.0000000406. The van der Waals surface area contributed by atoms with E-state index < -0.39 is 0 Å². The van der Waals surface area contributed by atoms with E-state index in [2.05, 4.69) is 13.3 Å². The van der Waals surface area contributed by atoms with Gasteiger partial charge < -0.3 is 0 Å². The molecule has 1 rings (SSSR count). The van der Waals surface area contributed by atoms with Gasteiger partial charge in [0.25, 0.3) is 0 Å². The van der Waals surface area contributed by atoms with E-state index in [-0.39, 0.29) is 17.1 Å². The summed E-state index contributed by atoms with van der Waals surface area (Å²) in [5, 5.41) is 0. The predicted octanol–water partition coefficient (Wildman–Crippen LogP) is -0.861. The van der Waals surface area contributed by atoms with E-state index >= 15 is 0 Å². The molecule has 0 heterocycles. The van der Waals surface area contributed by atoms with Crippen LogP contribution in [-0.4, -0.2) is 19.5 Å². The van der Waals surface area contributed by atoms with Crippen molar-refractivity contribution in [3.8, 4) is 0 Å². The fraction of sp³-hybridized carbons (Fsp3) is 0. The fourth-order valence-corrected chi connectivity index (χ4v) is 0.321. The van der Waals surface area contributed by atoms with Crippen LogP contribution in [0, 0.1) is 19.7 Å². The Morgan fingerprint density at radius 2 is 1.08 bits per heavy atom. The number of rotatable bonds is 0. The van der Waals surface area contributed by atoms with E-state index in [1.807, 2.05) is 40.5 Å². The molecule has 0 fully saturated rings. The summed E-state index contributed by atoms with van der Waals surface area (Å²) in [5.74, 6) is 0. The third-order valence-electron chi connectivity index (χ3n) is 0.556. The molecule has 0 aliphatic heterocycles. The van der Waals surface area contributed by atoms with Gasteiger partial charge in [0.05, 0.1) is 0 Å². The van der Waals surface area contributed by atoms with E-state index in [0.29, 0.717) is 0 Å². The summed E-state index contributed by atoms with van der Waals surface area (Å²) in [6.45, 7) is 9.00. The maximum absolute atomic E-state index is 7.50. The first-order valence-corrected chi connectivity index (χ1v) is 8.44. The van der Waals surface area contributed by atoms with Crippen LogP contribution in [-0.2, 0) is 26.4 Å². The maximum Gasteiger partial charge on any atom is 0.00506 e. The SMILES string of the molecule is [C-]#[O+].[C-]#[O+].[CH]1C=CC=C1.[Fe].[SiH2][SiH3]. The molecule has 0 aromatic rings. The molecular formula is C7H10FeO2Si2. The second kappa shape index (κ2) is 44.4. The van der Waals surface area contributed by atoms with Crippen molar-refractivity contribution in [1.29, 1.82) is 0 Å². The van der Waals surface area contributed by atoms with Crippen LogP contribution in [0.3, 0.4) is 0 Å². The van der Waals surface area contributed by atoms with E-state index in [0.717, 1.165) is 0 Å². The summed E-state index contributed by atoms with van der Waals surface area (Å²) in [4.78, 5) is 0. The molecule has 0 bridgehead atoms. The van der Waals surface area contributed by atoms with Crippen LogP contribution in [0.4, 0.5) is 0 Å². The molecule has 5 heteroatoms. The summed E-state index contributed by atoms with van der Waals surface area (Å²) >= 11 is 0. The van der Waals surface area contributed by atoms with Gasteiger partial charge in [0.1, 0.15) is 0 Å². The minimum Gasteiger partial charge on any atom is -0.0767 e. The van der Waals surface area contributed by atoms with Crippen molar-refractivity contribution in [3.05, 3.63) is 44.0 Å². The zero-order valence-corrected chi connectivity index (χ0v) is 11.3. The van der Waals surface area contributed by atoms with Crippen LogP contribution in [0.1, 0.15) is 0 Å². The Labute approximate surface area is 90.0 Å². The van der Waals surface area contributed by atoms with Gasteiger partial charge in [-0.2, -0.15) is 0 Å². The molecule has 1 aliphatic rings. The quantitative estimate of drug-likeness (QED) is 0.299. The van der Waals surface area contributed by atoms with Crippen LogP contribution in [0.15, 0.2) is 24.3 Å². The van der Waals surface area contributed by atoms with Gasteiger partial charge in [-0.3, -0.25) is 0 Å². The minimum absolute atomic E-state index is 0. The molecule has 66 valence electrons. The molecule has 0 aromatic heterocycles. The van der Waals surface area contributed by atoms with Gasteiger partial charge in [-0.05, 0) is 19.5 Å². The van der Waals surface area contributed by atoms with Crippen molar-refractivity contribution >= 4 is 19.5 Å². The van der Waals surface area contributed by atoms with Crippen molar-refractivity contribution in [2.24, 2.45) is 0 Å². The minimum atomic E-state index is 0. The first-order chi connectivity index (χ1) is 5.50. The molecule has 0 saturated heterocycles. The average molecular weight is 238 g/mol. The van der Waals surface area contributed by atoms with Crippen molar-refractivity contribution in [2.45, 2.75) is 0 Å². The largest absolute Gasteiger partial charge is 0.0767 e. The standard InChI is InChI=1S/C5H5.2CO.Fe.H5Si2/c1-2-4-5-3-1;2*1-2;;1-2/h1-5H;;;;1H2,2H3. The van der Waals surface area contributed by atoms with Gasteiger partial charge in [-0.25, -0.2) is 0 Å². The second-order valence-corrected chi connectivity index (χ2v) is 0.962. The molecule has 2 nitrogen and oxygen atoms in total. The van der Waals surface area contributed by atoms with Gasteiger partial charge >= 0.3 is 22.6 Å². The second-order valence-electron chi connectivity index (χ2n) is 0.962. The third-order valence-corrected chi connectivity index (χ3v) is 0.556. The Morgan fingerprint density at radius 3 is 1.17 bits per heavy atom. The zero-order chi connectivity index (χ0) is 9.54. The summed E-state index contributed by atoms with van der Waals surface area (Å²) in [5.41, 5.74) is 0. The normalized spacial score (nSPS) is 8.42. The predicted molar refractivity (Wildman–Crippen MR) is 48.9 cm³/mol. The molecule has 0 atom stereocenters. The Kier molecular flexibility index (Phi) is 83.9. The van der Waals surface area contributed by atoms with Gasteiger partial charge in [0.2, 0.25) is 0 Å². The summed E-state index contributed by atoms with van der Waals surface area (Å²) in [6, 6.07) is 0. The van der Waals surface area contributed by atoms with Gasteiger partial charge in [0, 0.05) is 23.5 Å². The molecular weight excluding hydrogens is 228 g/mol. The zero-order valence-electron chi connectivity index (χ0n) is 6.76. The molecule has 0 N–H and O–H groups in total. The molecule has 0 unspecified atom stereocenters. The van der Waals surface area contributed by atoms with E-state index in [4.69, 9.17) is 9.30 Å². The molecule has 0 amide bonds. The first-order valence-electron chi connectivity index (χ1n) is 2.78. The van der Waals surface area contributed by atoms with Crippen molar-refractivity contribution in [2.75, 3.05) is 0 Å². The summed E-state index contributed by atoms with van der Waals surface area (Å²) < 4.78 is 15.0. The van der Waals surface area contributed by atoms with Gasteiger partial charge in [-0.1, -0.05) is 24.3 Å². The molecule has 1 aliphatic carbocycles. The van der Waals surface area contributed by atoms with Crippen molar-refractivity contribution in [1.82, 2.24) is 0 Å². The monoisotopic (exact) mass is 238 g/mol. The Hall–Kier alpha value is -0.0868. The molecule has 2 radical (unpaired) electrons. The van der Waals surface area contributed by atoms with Crippen LogP contribution >= 0.6 is 0 Å². The molecule has 0 saturated carbocycles. The van der Waals surface area contributed by atoms with E-state index in [9.17, 15) is 0 Å².